The summed E-state index contributed by atoms with van der Waals surface area (Å²) in [6.45, 7) is 4.22. The molecular formula is C21H25N7O2S. The van der Waals surface area contributed by atoms with Crippen LogP contribution in [0.3, 0.4) is 0 Å². The molecule has 0 aliphatic rings. The highest BCUT2D eigenvalue weighted by atomic mass is 32.2. The van der Waals surface area contributed by atoms with Crippen LogP contribution in [0, 0.1) is 0 Å². The molecule has 0 saturated heterocycles. The van der Waals surface area contributed by atoms with E-state index in [-0.39, 0.29) is 5.91 Å². The number of fused-ring (bicyclic) bond motifs is 2. The number of nitrogens with one attached hydrogen (secondary N) is 3. The summed E-state index contributed by atoms with van der Waals surface area (Å²) in [4.78, 5) is 25.0. The van der Waals surface area contributed by atoms with E-state index in [9.17, 15) is 4.79 Å². The fourth-order valence-electron chi connectivity index (χ4n) is 3.33. The Morgan fingerprint density at radius 1 is 1.23 bits per heavy atom. The molecule has 4 rings (SSSR count). The van der Waals surface area contributed by atoms with Crippen molar-refractivity contribution in [2.45, 2.75) is 18.6 Å². The van der Waals surface area contributed by atoms with Crippen LogP contribution in [0.15, 0.2) is 41.8 Å². The quantitative estimate of drug-likeness (QED) is 0.198. The molecule has 10 heteroatoms. The molecule has 0 aliphatic carbocycles. The SMILES string of the molecule is CCSc1nc(NCCOC)c2cnn(CCNC(=O)c3c[nH]c4ccccc34)c2n1. The minimum Gasteiger partial charge on any atom is -0.383 e. The lowest BCUT2D eigenvalue weighted by Gasteiger charge is -2.09. The second-order valence-corrected chi connectivity index (χ2v) is 8.05. The monoisotopic (exact) mass is 439 g/mol. The van der Waals surface area contributed by atoms with Crippen LogP contribution < -0.4 is 10.6 Å². The van der Waals surface area contributed by atoms with Crippen molar-refractivity contribution in [3.8, 4) is 0 Å². The van der Waals surface area contributed by atoms with Crippen molar-refractivity contribution in [2.24, 2.45) is 0 Å². The zero-order valence-corrected chi connectivity index (χ0v) is 18.3. The number of H-pyrrole nitrogens is 1. The van der Waals surface area contributed by atoms with E-state index in [2.05, 4.69) is 37.6 Å². The van der Waals surface area contributed by atoms with E-state index >= 15 is 0 Å². The summed E-state index contributed by atoms with van der Waals surface area (Å²) in [6, 6.07) is 7.75. The molecule has 1 amide bonds. The van der Waals surface area contributed by atoms with E-state index in [1.54, 1.807) is 35.9 Å². The van der Waals surface area contributed by atoms with Crippen molar-refractivity contribution >= 4 is 45.4 Å². The highest BCUT2D eigenvalue weighted by Gasteiger charge is 2.14. The summed E-state index contributed by atoms with van der Waals surface area (Å²) in [6.07, 6.45) is 3.50. The van der Waals surface area contributed by atoms with E-state index in [0.717, 1.165) is 33.5 Å². The van der Waals surface area contributed by atoms with Gasteiger partial charge in [0.15, 0.2) is 10.8 Å². The average molecular weight is 440 g/mol. The number of carbonyl (C=O) groups excluding carboxylic acids is 1. The molecule has 0 unspecified atom stereocenters. The lowest BCUT2D eigenvalue weighted by atomic mass is 10.1. The van der Waals surface area contributed by atoms with Crippen LogP contribution >= 0.6 is 11.8 Å². The lowest BCUT2D eigenvalue weighted by Crippen LogP contribution is -2.27. The summed E-state index contributed by atoms with van der Waals surface area (Å²) in [5.74, 6) is 1.50. The molecule has 1 aromatic carbocycles. The number of anilines is 1. The number of hydrogen-bond acceptors (Lipinski definition) is 7. The van der Waals surface area contributed by atoms with Gasteiger partial charge in [-0.05, 0) is 11.8 Å². The first-order valence-electron chi connectivity index (χ1n) is 10.1. The number of aromatic nitrogens is 5. The maximum absolute atomic E-state index is 12.6. The van der Waals surface area contributed by atoms with Crippen LogP contribution in [-0.4, -0.2) is 63.2 Å². The highest BCUT2D eigenvalue weighted by Crippen LogP contribution is 2.24. The second-order valence-electron chi connectivity index (χ2n) is 6.82. The first-order valence-corrected chi connectivity index (χ1v) is 11.1. The Morgan fingerprint density at radius 3 is 2.94 bits per heavy atom. The molecule has 0 spiro atoms. The summed E-state index contributed by atoms with van der Waals surface area (Å²) >= 11 is 1.58. The Kier molecular flexibility index (Phi) is 6.68. The molecule has 3 aromatic heterocycles. The highest BCUT2D eigenvalue weighted by molar-refractivity contribution is 7.99. The van der Waals surface area contributed by atoms with Crippen molar-refractivity contribution in [3.05, 3.63) is 42.2 Å². The van der Waals surface area contributed by atoms with Gasteiger partial charge in [0.1, 0.15) is 5.82 Å². The molecule has 9 nitrogen and oxygen atoms in total. The number of aromatic amines is 1. The molecule has 0 radical (unpaired) electrons. The van der Waals surface area contributed by atoms with Crippen LogP contribution in [0.1, 0.15) is 17.3 Å². The molecule has 0 bridgehead atoms. The fraction of sp³-hybridized carbons (Fsp3) is 0.333. The summed E-state index contributed by atoms with van der Waals surface area (Å²) in [5.41, 5.74) is 2.32. The van der Waals surface area contributed by atoms with Gasteiger partial charge < -0.3 is 20.4 Å². The molecule has 0 atom stereocenters. The van der Waals surface area contributed by atoms with Crippen LogP contribution in [0.4, 0.5) is 5.82 Å². The van der Waals surface area contributed by atoms with Crippen LogP contribution in [0.5, 0.6) is 0 Å². The molecule has 162 valence electrons. The number of nitrogens with zero attached hydrogens (tertiary/aromatic N) is 4. The number of rotatable bonds is 10. The summed E-state index contributed by atoms with van der Waals surface area (Å²) in [5, 5.41) is 13.2. The minimum atomic E-state index is -0.118. The van der Waals surface area contributed by atoms with Gasteiger partial charge in [-0.15, -0.1) is 0 Å². The van der Waals surface area contributed by atoms with Crippen molar-refractivity contribution in [2.75, 3.05) is 37.9 Å². The molecule has 0 fully saturated rings. The van der Waals surface area contributed by atoms with Gasteiger partial charge in [0.25, 0.3) is 5.91 Å². The molecule has 31 heavy (non-hydrogen) atoms. The number of para-hydroxylation sites is 1. The number of thioether (sulfide) groups is 1. The first-order chi connectivity index (χ1) is 15.2. The van der Waals surface area contributed by atoms with E-state index in [1.165, 1.54) is 0 Å². The number of carbonyl (C=O) groups is 1. The fourth-order valence-corrected chi connectivity index (χ4v) is 3.89. The van der Waals surface area contributed by atoms with E-state index in [4.69, 9.17) is 4.74 Å². The minimum absolute atomic E-state index is 0.118. The van der Waals surface area contributed by atoms with Crippen molar-refractivity contribution in [1.29, 1.82) is 0 Å². The number of ether oxygens (including phenoxy) is 1. The Balaban J connectivity index is 1.48. The third-order valence-electron chi connectivity index (χ3n) is 4.79. The normalized spacial score (nSPS) is 11.3. The van der Waals surface area contributed by atoms with Gasteiger partial charge in [-0.2, -0.15) is 5.10 Å². The summed E-state index contributed by atoms with van der Waals surface area (Å²) in [7, 11) is 1.66. The molecule has 0 aliphatic heterocycles. The third-order valence-corrected chi connectivity index (χ3v) is 5.52. The smallest absolute Gasteiger partial charge is 0.253 e. The van der Waals surface area contributed by atoms with E-state index in [0.29, 0.717) is 37.0 Å². The standard InChI is InChI=1S/C21H25N7O2S/c1-3-31-21-26-18(22-9-11-30-2)16-13-25-28(19(16)27-21)10-8-23-20(29)15-12-24-17-7-5-4-6-14(15)17/h4-7,12-13,24H,3,8-11H2,1-2H3,(H,23,29)(H,22,26,27). The van der Waals surface area contributed by atoms with Gasteiger partial charge in [-0.25, -0.2) is 14.6 Å². The Morgan fingerprint density at radius 2 is 2.10 bits per heavy atom. The van der Waals surface area contributed by atoms with Crippen LogP contribution in [-0.2, 0) is 11.3 Å². The maximum Gasteiger partial charge on any atom is 0.253 e. The topological polar surface area (TPSA) is 110 Å². The van der Waals surface area contributed by atoms with Gasteiger partial charge in [-0.1, -0.05) is 36.9 Å². The van der Waals surface area contributed by atoms with E-state index < -0.39 is 0 Å². The zero-order valence-electron chi connectivity index (χ0n) is 17.5. The predicted molar refractivity (Wildman–Crippen MR) is 123 cm³/mol. The average Bonchev–Trinajstić information content (AvgIpc) is 3.39. The molecule has 0 saturated carbocycles. The van der Waals surface area contributed by atoms with Gasteiger partial charge in [-0.3, -0.25) is 4.79 Å². The van der Waals surface area contributed by atoms with Crippen molar-refractivity contribution in [1.82, 2.24) is 30.0 Å². The number of benzene rings is 1. The Labute approximate surface area is 184 Å². The molecule has 3 N–H and O–H groups in total. The van der Waals surface area contributed by atoms with Crippen LogP contribution in [0.2, 0.25) is 0 Å². The lowest BCUT2D eigenvalue weighted by molar-refractivity contribution is 0.0953. The number of hydrogen-bond donors (Lipinski definition) is 3. The first kappa shape index (κ1) is 21.1. The Bertz CT molecular complexity index is 1190. The molecule has 3 heterocycles. The van der Waals surface area contributed by atoms with Crippen molar-refractivity contribution in [3.63, 3.8) is 0 Å². The second kappa shape index (κ2) is 9.80. The van der Waals surface area contributed by atoms with E-state index in [1.807, 2.05) is 24.3 Å². The van der Waals surface area contributed by atoms with Gasteiger partial charge in [0.05, 0.1) is 30.3 Å². The third kappa shape index (κ3) is 4.64. The van der Waals surface area contributed by atoms with Crippen LogP contribution in [0.25, 0.3) is 21.9 Å². The van der Waals surface area contributed by atoms with Gasteiger partial charge in [0.2, 0.25) is 0 Å². The largest absolute Gasteiger partial charge is 0.383 e. The van der Waals surface area contributed by atoms with Gasteiger partial charge >= 0.3 is 0 Å². The van der Waals surface area contributed by atoms with Crippen molar-refractivity contribution < 1.29 is 9.53 Å². The van der Waals surface area contributed by atoms with Gasteiger partial charge in [0, 0.05) is 37.3 Å². The predicted octanol–water partition coefficient (Wildman–Crippen LogP) is 2.91. The number of methoxy groups -OCH3 is 1. The molecular weight excluding hydrogens is 414 g/mol. The Hall–Kier alpha value is -3.11. The molecule has 4 aromatic rings. The summed E-state index contributed by atoms with van der Waals surface area (Å²) < 4.78 is 6.92. The zero-order chi connectivity index (χ0) is 21.6. The number of amides is 1. The maximum atomic E-state index is 12.6.